The molecule has 0 radical (unpaired) electrons. The van der Waals surface area contributed by atoms with E-state index in [1.807, 2.05) is 0 Å². The second-order valence-electron chi connectivity index (χ2n) is 5.73. The fraction of sp³-hybridized carbons (Fsp3) is 0.533. The molecule has 3 nitrogen and oxygen atoms in total. The molecular formula is C15H18FNO2. The molecule has 2 aliphatic rings. The zero-order valence-electron chi connectivity index (χ0n) is 10.7. The average Bonchev–Trinajstić information content (AvgIpc) is 2.98. The summed E-state index contributed by atoms with van der Waals surface area (Å²) in [4.78, 5) is 11.4. The van der Waals surface area contributed by atoms with E-state index in [1.165, 1.54) is 12.1 Å². The van der Waals surface area contributed by atoms with E-state index in [1.54, 1.807) is 12.1 Å². The van der Waals surface area contributed by atoms with Gasteiger partial charge in [-0.1, -0.05) is 12.1 Å². The van der Waals surface area contributed by atoms with Crippen LogP contribution in [-0.4, -0.2) is 17.1 Å². The smallest absolute Gasteiger partial charge is 0.308 e. The number of benzene rings is 1. The molecule has 0 spiro atoms. The van der Waals surface area contributed by atoms with E-state index in [-0.39, 0.29) is 17.8 Å². The van der Waals surface area contributed by atoms with Crippen molar-refractivity contribution in [1.29, 1.82) is 0 Å². The molecule has 0 saturated heterocycles. The molecule has 102 valence electrons. The summed E-state index contributed by atoms with van der Waals surface area (Å²) in [6.07, 6.45) is 3.23. The van der Waals surface area contributed by atoms with Gasteiger partial charge in [-0.25, -0.2) is 4.39 Å². The molecule has 0 unspecified atom stereocenters. The number of carbonyl (C=O) groups is 1. The minimum atomic E-state index is -0.677. The van der Waals surface area contributed by atoms with Crippen LogP contribution in [0.5, 0.6) is 0 Å². The molecule has 2 aliphatic carbocycles. The van der Waals surface area contributed by atoms with Crippen molar-refractivity contribution < 1.29 is 14.3 Å². The molecule has 0 aliphatic heterocycles. The van der Waals surface area contributed by atoms with Gasteiger partial charge in [0.15, 0.2) is 0 Å². The highest BCUT2D eigenvalue weighted by molar-refractivity contribution is 5.72. The van der Waals surface area contributed by atoms with Gasteiger partial charge in [0.2, 0.25) is 0 Å². The summed E-state index contributed by atoms with van der Waals surface area (Å²) in [5, 5.41) is 12.7. The van der Waals surface area contributed by atoms with Crippen molar-refractivity contribution in [3.05, 3.63) is 35.6 Å². The molecule has 1 aromatic rings. The number of fused-ring (bicyclic) bond motifs is 2. The van der Waals surface area contributed by atoms with Crippen LogP contribution >= 0.6 is 0 Å². The predicted molar refractivity (Wildman–Crippen MR) is 69.0 cm³/mol. The highest BCUT2D eigenvalue weighted by atomic mass is 19.1. The number of rotatable bonds is 4. The van der Waals surface area contributed by atoms with Crippen molar-refractivity contribution in [1.82, 2.24) is 5.32 Å². The number of carboxylic acid groups (broad SMARTS) is 1. The minimum Gasteiger partial charge on any atom is -0.481 e. The summed E-state index contributed by atoms with van der Waals surface area (Å²) in [5.41, 5.74) is 0.994. The van der Waals surface area contributed by atoms with E-state index in [0.717, 1.165) is 24.8 Å². The lowest BCUT2D eigenvalue weighted by atomic mass is 9.84. The Balaban J connectivity index is 1.65. The van der Waals surface area contributed by atoms with Gasteiger partial charge in [0.1, 0.15) is 5.82 Å². The third-order valence-corrected chi connectivity index (χ3v) is 4.66. The molecule has 4 heteroatoms. The van der Waals surface area contributed by atoms with Gasteiger partial charge in [0.25, 0.3) is 0 Å². The molecule has 0 heterocycles. The summed E-state index contributed by atoms with van der Waals surface area (Å²) in [7, 11) is 0. The Morgan fingerprint density at radius 2 is 1.95 bits per heavy atom. The van der Waals surface area contributed by atoms with E-state index in [9.17, 15) is 14.3 Å². The second-order valence-corrected chi connectivity index (χ2v) is 5.73. The summed E-state index contributed by atoms with van der Waals surface area (Å²) >= 11 is 0. The highest BCUT2D eigenvalue weighted by Crippen LogP contribution is 2.48. The molecule has 2 fully saturated rings. The molecule has 1 aromatic carbocycles. The van der Waals surface area contributed by atoms with Crippen molar-refractivity contribution in [2.24, 2.45) is 17.8 Å². The molecule has 2 N–H and O–H groups in total. The largest absolute Gasteiger partial charge is 0.481 e. The number of aliphatic carboxylic acids is 1. The Morgan fingerprint density at radius 3 is 2.63 bits per heavy atom. The van der Waals surface area contributed by atoms with Gasteiger partial charge in [-0.2, -0.15) is 0 Å². The van der Waals surface area contributed by atoms with E-state index in [4.69, 9.17) is 0 Å². The maximum absolute atomic E-state index is 12.8. The zero-order chi connectivity index (χ0) is 13.4. The van der Waals surface area contributed by atoms with Crippen LogP contribution in [0.15, 0.2) is 24.3 Å². The third-order valence-electron chi connectivity index (χ3n) is 4.66. The molecule has 3 rings (SSSR count). The first-order valence-corrected chi connectivity index (χ1v) is 6.86. The lowest BCUT2D eigenvalue weighted by Gasteiger charge is -2.29. The summed E-state index contributed by atoms with van der Waals surface area (Å²) in [5.74, 6) is -0.338. The number of halogens is 1. The molecule has 2 bridgehead atoms. The molecule has 19 heavy (non-hydrogen) atoms. The molecule has 4 atom stereocenters. The quantitative estimate of drug-likeness (QED) is 0.877. The van der Waals surface area contributed by atoms with Crippen LogP contribution in [0.2, 0.25) is 0 Å². The van der Waals surface area contributed by atoms with Crippen molar-refractivity contribution in [3.8, 4) is 0 Å². The van der Waals surface area contributed by atoms with E-state index in [0.29, 0.717) is 18.4 Å². The van der Waals surface area contributed by atoms with Crippen LogP contribution in [0, 0.1) is 23.6 Å². The monoisotopic (exact) mass is 263 g/mol. The standard InChI is InChI=1S/C15H18FNO2/c16-12-5-1-9(2-6-12)8-17-14-11-4-3-10(7-11)13(14)15(18)19/h1-2,5-6,10-11,13-14,17H,3-4,7-8H2,(H,18,19)/t10-,11+,13-,14+/m1/s1. The number of nitrogens with one attached hydrogen (secondary N) is 1. The Kier molecular flexibility index (Phi) is 3.27. The topological polar surface area (TPSA) is 49.3 Å². The van der Waals surface area contributed by atoms with E-state index < -0.39 is 5.97 Å². The number of hydrogen-bond acceptors (Lipinski definition) is 2. The van der Waals surface area contributed by atoms with Crippen molar-refractivity contribution >= 4 is 5.97 Å². The van der Waals surface area contributed by atoms with Gasteiger partial charge in [-0.05, 0) is 48.8 Å². The Hall–Kier alpha value is -1.42. The van der Waals surface area contributed by atoms with Gasteiger partial charge < -0.3 is 10.4 Å². The Labute approximate surface area is 111 Å². The van der Waals surface area contributed by atoms with Gasteiger partial charge in [-0.15, -0.1) is 0 Å². The van der Waals surface area contributed by atoms with Crippen molar-refractivity contribution in [3.63, 3.8) is 0 Å². The SMILES string of the molecule is O=C(O)[C@@H]1[C@@H]2CC[C@@H](C2)[C@@H]1NCc1ccc(F)cc1. The van der Waals surface area contributed by atoms with Crippen LogP contribution in [0.25, 0.3) is 0 Å². The summed E-state index contributed by atoms with van der Waals surface area (Å²) in [6.45, 7) is 0.609. The maximum Gasteiger partial charge on any atom is 0.308 e. The Morgan fingerprint density at radius 1 is 1.26 bits per heavy atom. The molecular weight excluding hydrogens is 245 g/mol. The Bertz CT molecular complexity index is 474. The average molecular weight is 263 g/mol. The normalized spacial score (nSPS) is 32.7. The van der Waals surface area contributed by atoms with Crippen LogP contribution in [-0.2, 0) is 11.3 Å². The van der Waals surface area contributed by atoms with Gasteiger partial charge in [0, 0.05) is 12.6 Å². The van der Waals surface area contributed by atoms with Crippen LogP contribution in [0.3, 0.4) is 0 Å². The highest BCUT2D eigenvalue weighted by Gasteiger charge is 2.50. The lowest BCUT2D eigenvalue weighted by molar-refractivity contribution is -0.144. The predicted octanol–water partition coefficient (Wildman–Crippen LogP) is 2.41. The third kappa shape index (κ3) is 2.37. The summed E-state index contributed by atoms with van der Waals surface area (Å²) in [6, 6.07) is 6.43. The maximum atomic E-state index is 12.8. The van der Waals surface area contributed by atoms with Gasteiger partial charge in [0.05, 0.1) is 5.92 Å². The zero-order valence-corrected chi connectivity index (χ0v) is 10.7. The molecule has 2 saturated carbocycles. The number of carboxylic acids is 1. The molecule has 0 aromatic heterocycles. The first-order valence-electron chi connectivity index (χ1n) is 6.86. The summed E-state index contributed by atoms with van der Waals surface area (Å²) < 4.78 is 12.8. The first kappa shape index (κ1) is 12.6. The first-order chi connectivity index (χ1) is 9.15. The fourth-order valence-electron chi connectivity index (χ4n) is 3.78. The molecule has 0 amide bonds. The van der Waals surface area contributed by atoms with Crippen LogP contribution < -0.4 is 5.32 Å². The van der Waals surface area contributed by atoms with Crippen molar-refractivity contribution in [2.75, 3.05) is 0 Å². The van der Waals surface area contributed by atoms with Gasteiger partial charge >= 0.3 is 5.97 Å². The van der Waals surface area contributed by atoms with E-state index in [2.05, 4.69) is 5.32 Å². The van der Waals surface area contributed by atoms with Crippen molar-refractivity contribution in [2.45, 2.75) is 31.8 Å². The fourth-order valence-corrected chi connectivity index (χ4v) is 3.78. The minimum absolute atomic E-state index is 0.0707. The van der Waals surface area contributed by atoms with E-state index >= 15 is 0 Å². The second kappa shape index (κ2) is 4.93. The van der Waals surface area contributed by atoms with Gasteiger partial charge in [-0.3, -0.25) is 4.79 Å². The number of hydrogen-bond donors (Lipinski definition) is 2. The lowest BCUT2D eigenvalue weighted by Crippen LogP contribution is -2.43. The van der Waals surface area contributed by atoms with Crippen LogP contribution in [0.4, 0.5) is 4.39 Å². The van der Waals surface area contributed by atoms with Crippen LogP contribution in [0.1, 0.15) is 24.8 Å².